The van der Waals surface area contributed by atoms with Crippen LogP contribution >= 0.6 is 0 Å². The highest BCUT2D eigenvalue weighted by Crippen LogP contribution is 2.40. The Kier molecular flexibility index (Phi) is 4.75. The minimum atomic E-state index is -0.124. The molecule has 0 saturated carbocycles. The number of nitrogens with zero attached hydrogens (tertiary/aromatic N) is 1. The normalized spacial score (nSPS) is 21.3. The molecule has 1 fully saturated rings. The topological polar surface area (TPSA) is 49.8 Å². The second-order valence-electron chi connectivity index (χ2n) is 7.72. The van der Waals surface area contributed by atoms with Crippen LogP contribution in [0.4, 0.5) is 0 Å². The number of carbonyl (C=O) groups excluding carboxylic acids is 1. The van der Waals surface area contributed by atoms with Crippen molar-refractivity contribution < 1.29 is 14.6 Å². The van der Waals surface area contributed by atoms with Crippen molar-refractivity contribution in [3.8, 4) is 11.5 Å². The molecule has 2 heterocycles. The molecule has 4 heteroatoms. The summed E-state index contributed by atoms with van der Waals surface area (Å²) in [6.07, 6.45) is 4.20. The van der Waals surface area contributed by atoms with Gasteiger partial charge in [0.2, 0.25) is 5.78 Å². The summed E-state index contributed by atoms with van der Waals surface area (Å²) in [6, 6.07) is 11.2. The van der Waals surface area contributed by atoms with E-state index in [9.17, 15) is 9.90 Å². The van der Waals surface area contributed by atoms with Crippen LogP contribution in [-0.4, -0.2) is 28.9 Å². The van der Waals surface area contributed by atoms with E-state index in [4.69, 9.17) is 4.74 Å². The molecule has 2 aromatic carbocycles. The first-order valence-electron chi connectivity index (χ1n) is 9.60. The Morgan fingerprint density at radius 2 is 2.07 bits per heavy atom. The summed E-state index contributed by atoms with van der Waals surface area (Å²) in [5, 5.41) is 10.4. The Labute approximate surface area is 160 Å². The van der Waals surface area contributed by atoms with Crippen LogP contribution in [0.1, 0.15) is 46.8 Å². The third kappa shape index (κ3) is 3.50. The smallest absolute Gasteiger partial charge is 0.231 e. The Bertz CT molecular complexity index is 916. The number of ketones is 1. The number of piperidine rings is 1. The molecule has 0 spiro atoms. The van der Waals surface area contributed by atoms with Crippen LogP contribution in [0.5, 0.6) is 11.5 Å². The fourth-order valence-corrected chi connectivity index (χ4v) is 3.99. The van der Waals surface area contributed by atoms with Gasteiger partial charge in [0.15, 0.2) is 5.76 Å². The number of benzene rings is 2. The zero-order valence-electron chi connectivity index (χ0n) is 15.9. The number of aryl methyl sites for hydroxylation is 1. The van der Waals surface area contributed by atoms with Crippen molar-refractivity contribution in [2.45, 2.75) is 33.2 Å². The van der Waals surface area contributed by atoms with Crippen molar-refractivity contribution in [1.82, 2.24) is 4.90 Å². The fraction of sp³-hybridized carbons (Fsp3) is 0.348. The lowest BCUT2D eigenvalue weighted by molar-refractivity contribution is 0.101. The van der Waals surface area contributed by atoms with E-state index in [-0.39, 0.29) is 11.5 Å². The summed E-state index contributed by atoms with van der Waals surface area (Å²) in [4.78, 5) is 15.2. The minimum Gasteiger partial charge on any atom is -0.507 e. The molecule has 2 aliphatic rings. The Balaban J connectivity index is 1.66. The number of hydrogen-bond donors (Lipinski definition) is 1. The Morgan fingerprint density at radius 1 is 1.26 bits per heavy atom. The SMILES string of the molecule is Cc1ccccc1/C=C1/Oc2c(ccc(O)c2CN2CCCC(C)C2)C1=O. The molecule has 1 N–H and O–H groups in total. The summed E-state index contributed by atoms with van der Waals surface area (Å²) in [5.41, 5.74) is 3.29. The zero-order valence-corrected chi connectivity index (χ0v) is 15.9. The highest BCUT2D eigenvalue weighted by atomic mass is 16.5. The maximum atomic E-state index is 12.8. The molecule has 1 atom stereocenters. The second-order valence-corrected chi connectivity index (χ2v) is 7.72. The summed E-state index contributed by atoms with van der Waals surface area (Å²) in [5.74, 6) is 1.55. The van der Waals surface area contributed by atoms with Crippen molar-refractivity contribution in [2.24, 2.45) is 5.92 Å². The molecule has 140 valence electrons. The third-order valence-corrected chi connectivity index (χ3v) is 5.51. The van der Waals surface area contributed by atoms with Gasteiger partial charge in [-0.3, -0.25) is 9.69 Å². The molecule has 0 aromatic heterocycles. The van der Waals surface area contributed by atoms with E-state index in [1.165, 1.54) is 6.42 Å². The first-order valence-corrected chi connectivity index (χ1v) is 9.60. The molecular formula is C23H25NO3. The molecule has 27 heavy (non-hydrogen) atoms. The lowest BCUT2D eigenvalue weighted by Gasteiger charge is -2.31. The molecule has 0 amide bonds. The van der Waals surface area contributed by atoms with Crippen LogP contribution in [0.3, 0.4) is 0 Å². The van der Waals surface area contributed by atoms with Crippen LogP contribution in [0, 0.1) is 12.8 Å². The van der Waals surface area contributed by atoms with Gasteiger partial charge in [-0.1, -0.05) is 31.2 Å². The average molecular weight is 363 g/mol. The van der Waals surface area contributed by atoms with E-state index >= 15 is 0 Å². The summed E-state index contributed by atoms with van der Waals surface area (Å²) < 4.78 is 5.98. The van der Waals surface area contributed by atoms with Crippen LogP contribution < -0.4 is 4.74 Å². The molecular weight excluding hydrogens is 338 g/mol. The number of phenolic OH excluding ortho intramolecular Hbond substituents is 1. The van der Waals surface area contributed by atoms with Crippen molar-refractivity contribution in [1.29, 1.82) is 0 Å². The van der Waals surface area contributed by atoms with E-state index in [2.05, 4.69) is 11.8 Å². The molecule has 1 saturated heterocycles. The van der Waals surface area contributed by atoms with Crippen LogP contribution in [0.25, 0.3) is 6.08 Å². The first-order chi connectivity index (χ1) is 13.0. The lowest BCUT2D eigenvalue weighted by atomic mass is 9.99. The van der Waals surface area contributed by atoms with E-state index in [1.807, 2.05) is 31.2 Å². The summed E-state index contributed by atoms with van der Waals surface area (Å²) >= 11 is 0. The van der Waals surface area contributed by atoms with Crippen molar-refractivity contribution in [2.75, 3.05) is 13.1 Å². The number of ether oxygens (including phenoxy) is 1. The van der Waals surface area contributed by atoms with Crippen LogP contribution in [-0.2, 0) is 6.54 Å². The Hall–Kier alpha value is -2.59. The number of likely N-dealkylation sites (tertiary alicyclic amines) is 1. The summed E-state index contributed by atoms with van der Waals surface area (Å²) in [6.45, 7) is 6.87. The largest absolute Gasteiger partial charge is 0.507 e. The van der Waals surface area contributed by atoms with Crippen LogP contribution in [0.15, 0.2) is 42.2 Å². The zero-order chi connectivity index (χ0) is 19.0. The summed E-state index contributed by atoms with van der Waals surface area (Å²) in [7, 11) is 0. The van der Waals surface area contributed by atoms with Gasteiger partial charge in [0.1, 0.15) is 11.5 Å². The number of hydrogen-bond acceptors (Lipinski definition) is 4. The molecule has 1 unspecified atom stereocenters. The van der Waals surface area contributed by atoms with Gasteiger partial charge < -0.3 is 9.84 Å². The fourth-order valence-electron chi connectivity index (χ4n) is 3.99. The van der Waals surface area contributed by atoms with Gasteiger partial charge in [0.05, 0.1) is 11.1 Å². The molecule has 0 radical (unpaired) electrons. The molecule has 2 aliphatic heterocycles. The predicted octanol–water partition coefficient (Wildman–Crippen LogP) is 4.55. The predicted molar refractivity (Wildman–Crippen MR) is 106 cm³/mol. The van der Waals surface area contributed by atoms with Gasteiger partial charge >= 0.3 is 0 Å². The highest BCUT2D eigenvalue weighted by molar-refractivity contribution is 6.15. The van der Waals surface area contributed by atoms with E-state index in [1.54, 1.807) is 18.2 Å². The van der Waals surface area contributed by atoms with Gasteiger partial charge in [0, 0.05) is 13.1 Å². The molecule has 0 aliphatic carbocycles. The Morgan fingerprint density at radius 3 is 2.85 bits per heavy atom. The number of phenols is 1. The van der Waals surface area contributed by atoms with Crippen molar-refractivity contribution in [3.05, 3.63) is 64.4 Å². The number of aromatic hydroxyl groups is 1. The first kappa shape index (κ1) is 17.8. The maximum Gasteiger partial charge on any atom is 0.231 e. The average Bonchev–Trinajstić information content (AvgIpc) is 2.96. The lowest BCUT2D eigenvalue weighted by Crippen LogP contribution is -2.33. The van der Waals surface area contributed by atoms with E-state index in [0.29, 0.717) is 35.1 Å². The number of rotatable bonds is 3. The number of fused-ring (bicyclic) bond motifs is 1. The van der Waals surface area contributed by atoms with E-state index < -0.39 is 0 Å². The highest BCUT2D eigenvalue weighted by Gasteiger charge is 2.32. The molecule has 0 bridgehead atoms. The van der Waals surface area contributed by atoms with Gasteiger partial charge in [-0.25, -0.2) is 0 Å². The quantitative estimate of drug-likeness (QED) is 0.813. The molecule has 4 rings (SSSR count). The molecule has 4 nitrogen and oxygen atoms in total. The number of carbonyl (C=O) groups is 1. The second kappa shape index (κ2) is 7.20. The monoisotopic (exact) mass is 363 g/mol. The third-order valence-electron chi connectivity index (χ3n) is 5.51. The number of Topliss-reactive ketones (excluding diaryl/α,β-unsaturated/α-hetero) is 1. The molecule has 2 aromatic rings. The van der Waals surface area contributed by atoms with Crippen LogP contribution in [0.2, 0.25) is 0 Å². The van der Waals surface area contributed by atoms with Gasteiger partial charge in [-0.15, -0.1) is 0 Å². The standard InChI is InChI=1S/C23H25NO3/c1-15-6-5-11-24(13-15)14-19-20(25)10-9-18-22(26)21(27-23(18)19)12-17-8-4-3-7-16(17)2/h3-4,7-10,12,15,25H,5-6,11,13-14H2,1-2H3/b21-12+. The van der Waals surface area contributed by atoms with Crippen molar-refractivity contribution >= 4 is 11.9 Å². The maximum absolute atomic E-state index is 12.8. The van der Waals surface area contributed by atoms with E-state index in [0.717, 1.165) is 30.6 Å². The van der Waals surface area contributed by atoms with Crippen molar-refractivity contribution in [3.63, 3.8) is 0 Å². The number of allylic oxidation sites excluding steroid dienone is 1. The van der Waals surface area contributed by atoms with Gasteiger partial charge in [-0.05, 0) is 61.6 Å². The minimum absolute atomic E-state index is 0.124. The van der Waals surface area contributed by atoms with Gasteiger partial charge in [-0.2, -0.15) is 0 Å². The van der Waals surface area contributed by atoms with Gasteiger partial charge in [0.25, 0.3) is 0 Å².